The lowest BCUT2D eigenvalue weighted by atomic mass is 10.2. The summed E-state index contributed by atoms with van der Waals surface area (Å²) in [6, 6.07) is 10.5. The van der Waals surface area contributed by atoms with Gasteiger partial charge in [-0.05, 0) is 29.8 Å². The first-order valence-corrected chi connectivity index (χ1v) is 5.61. The number of halogens is 2. The van der Waals surface area contributed by atoms with Crippen LogP contribution >= 0.6 is 11.6 Å². The van der Waals surface area contributed by atoms with E-state index in [1.54, 1.807) is 12.3 Å². The van der Waals surface area contributed by atoms with Crippen LogP contribution in [0.3, 0.4) is 0 Å². The summed E-state index contributed by atoms with van der Waals surface area (Å²) in [5.41, 5.74) is 0.861. The Morgan fingerprint density at radius 1 is 1.29 bits per heavy atom. The Balaban J connectivity index is 2.13. The Labute approximate surface area is 105 Å². The molecule has 0 fully saturated rings. The largest absolute Gasteiger partial charge is 0.355 e. The molecule has 2 nitrogen and oxygen atoms in total. The maximum Gasteiger partial charge on any atom is 0.142 e. The SMILES string of the molecule is CN(Cc1ccc(Cl)c(F)c1)c1ccccn1. The molecular weight excluding hydrogens is 239 g/mol. The average molecular weight is 251 g/mol. The van der Waals surface area contributed by atoms with Gasteiger partial charge in [-0.15, -0.1) is 0 Å². The van der Waals surface area contributed by atoms with Crippen molar-refractivity contribution in [1.82, 2.24) is 4.98 Å². The van der Waals surface area contributed by atoms with E-state index in [9.17, 15) is 4.39 Å². The second-order valence-corrected chi connectivity index (χ2v) is 4.20. The van der Waals surface area contributed by atoms with E-state index in [1.807, 2.05) is 36.2 Å². The maximum absolute atomic E-state index is 13.3. The minimum Gasteiger partial charge on any atom is -0.355 e. The molecule has 0 bridgehead atoms. The normalized spacial score (nSPS) is 10.3. The second-order valence-electron chi connectivity index (χ2n) is 3.79. The maximum atomic E-state index is 13.3. The zero-order valence-electron chi connectivity index (χ0n) is 9.40. The summed E-state index contributed by atoms with van der Waals surface area (Å²) < 4.78 is 13.3. The fourth-order valence-corrected chi connectivity index (χ4v) is 1.69. The molecule has 1 aromatic heterocycles. The van der Waals surface area contributed by atoms with Gasteiger partial charge in [0.15, 0.2) is 0 Å². The van der Waals surface area contributed by atoms with Crippen LogP contribution in [-0.4, -0.2) is 12.0 Å². The van der Waals surface area contributed by atoms with Gasteiger partial charge in [0.05, 0.1) is 5.02 Å². The van der Waals surface area contributed by atoms with Gasteiger partial charge in [-0.2, -0.15) is 0 Å². The van der Waals surface area contributed by atoms with Crippen molar-refractivity contribution in [3.8, 4) is 0 Å². The lowest BCUT2D eigenvalue weighted by Crippen LogP contribution is -2.17. The van der Waals surface area contributed by atoms with E-state index in [0.29, 0.717) is 6.54 Å². The summed E-state index contributed by atoms with van der Waals surface area (Å²) >= 11 is 5.63. The molecule has 2 aromatic rings. The second kappa shape index (κ2) is 5.15. The Kier molecular flexibility index (Phi) is 3.59. The van der Waals surface area contributed by atoms with E-state index in [1.165, 1.54) is 6.07 Å². The van der Waals surface area contributed by atoms with Crippen molar-refractivity contribution in [3.63, 3.8) is 0 Å². The number of benzene rings is 1. The van der Waals surface area contributed by atoms with E-state index >= 15 is 0 Å². The number of hydrogen-bond donors (Lipinski definition) is 0. The first-order valence-electron chi connectivity index (χ1n) is 5.23. The summed E-state index contributed by atoms with van der Waals surface area (Å²) in [4.78, 5) is 6.17. The third kappa shape index (κ3) is 2.94. The summed E-state index contributed by atoms with van der Waals surface area (Å²) in [6.07, 6.45) is 1.73. The van der Waals surface area contributed by atoms with Crippen LogP contribution < -0.4 is 4.90 Å². The highest BCUT2D eigenvalue weighted by Gasteiger charge is 2.05. The molecule has 0 spiro atoms. The molecule has 0 saturated carbocycles. The quantitative estimate of drug-likeness (QED) is 0.829. The molecule has 4 heteroatoms. The molecule has 1 aromatic carbocycles. The van der Waals surface area contributed by atoms with Crippen molar-refractivity contribution in [2.45, 2.75) is 6.54 Å². The number of hydrogen-bond acceptors (Lipinski definition) is 2. The number of pyridine rings is 1. The Bertz CT molecular complexity index is 502. The van der Waals surface area contributed by atoms with Crippen molar-refractivity contribution in [1.29, 1.82) is 0 Å². The molecule has 1 heterocycles. The Morgan fingerprint density at radius 3 is 2.76 bits per heavy atom. The Hall–Kier alpha value is -1.61. The van der Waals surface area contributed by atoms with E-state index < -0.39 is 5.82 Å². The van der Waals surface area contributed by atoms with Crippen molar-refractivity contribution in [2.24, 2.45) is 0 Å². The van der Waals surface area contributed by atoms with E-state index in [-0.39, 0.29) is 5.02 Å². The molecule has 88 valence electrons. The standard InChI is InChI=1S/C13H12ClFN2/c1-17(13-4-2-3-7-16-13)9-10-5-6-11(14)12(15)8-10/h2-8H,9H2,1H3. The lowest BCUT2D eigenvalue weighted by molar-refractivity contribution is 0.625. The highest BCUT2D eigenvalue weighted by atomic mass is 35.5. The van der Waals surface area contributed by atoms with Crippen molar-refractivity contribution in [2.75, 3.05) is 11.9 Å². The molecule has 0 unspecified atom stereocenters. The highest BCUT2D eigenvalue weighted by Crippen LogP contribution is 2.18. The third-order valence-electron chi connectivity index (χ3n) is 2.44. The monoisotopic (exact) mass is 250 g/mol. The van der Waals surface area contributed by atoms with Crippen molar-refractivity contribution in [3.05, 3.63) is 59.0 Å². The first kappa shape index (κ1) is 11.9. The van der Waals surface area contributed by atoms with Gasteiger partial charge >= 0.3 is 0 Å². The van der Waals surface area contributed by atoms with Gasteiger partial charge in [0, 0.05) is 19.8 Å². The fourth-order valence-electron chi connectivity index (χ4n) is 1.57. The van der Waals surface area contributed by atoms with Crippen LogP contribution in [0, 0.1) is 5.82 Å². The molecule has 0 radical (unpaired) electrons. The molecule has 0 N–H and O–H groups in total. The van der Waals surface area contributed by atoms with Crippen LogP contribution in [0.15, 0.2) is 42.6 Å². The summed E-state index contributed by atoms with van der Waals surface area (Å²) in [6.45, 7) is 0.588. The van der Waals surface area contributed by atoms with Gasteiger partial charge in [0.25, 0.3) is 0 Å². The van der Waals surface area contributed by atoms with Crippen LogP contribution in [0.1, 0.15) is 5.56 Å². The smallest absolute Gasteiger partial charge is 0.142 e. The van der Waals surface area contributed by atoms with Gasteiger partial charge in [-0.3, -0.25) is 0 Å². The van der Waals surface area contributed by atoms with Crippen molar-refractivity contribution < 1.29 is 4.39 Å². The molecule has 2 rings (SSSR count). The molecule has 0 aliphatic rings. The van der Waals surface area contributed by atoms with E-state index in [4.69, 9.17) is 11.6 Å². The van der Waals surface area contributed by atoms with Crippen LogP contribution in [-0.2, 0) is 6.54 Å². The minimum atomic E-state index is -0.390. The predicted molar refractivity (Wildman–Crippen MR) is 67.8 cm³/mol. The van der Waals surface area contributed by atoms with Gasteiger partial charge in [0.2, 0.25) is 0 Å². The van der Waals surface area contributed by atoms with E-state index in [2.05, 4.69) is 4.98 Å². The fraction of sp³-hybridized carbons (Fsp3) is 0.154. The summed E-state index contributed by atoms with van der Waals surface area (Å²) in [5.74, 6) is 0.460. The zero-order valence-corrected chi connectivity index (χ0v) is 10.2. The van der Waals surface area contributed by atoms with Gasteiger partial charge in [-0.1, -0.05) is 23.7 Å². The molecular formula is C13H12ClFN2. The molecule has 0 saturated heterocycles. The van der Waals surface area contributed by atoms with Gasteiger partial charge < -0.3 is 4.90 Å². The van der Waals surface area contributed by atoms with Gasteiger partial charge in [-0.25, -0.2) is 9.37 Å². The third-order valence-corrected chi connectivity index (χ3v) is 2.75. The lowest BCUT2D eigenvalue weighted by Gasteiger charge is -2.18. The van der Waals surface area contributed by atoms with Crippen molar-refractivity contribution >= 4 is 17.4 Å². The molecule has 17 heavy (non-hydrogen) atoms. The number of anilines is 1. The number of aromatic nitrogens is 1. The molecule has 0 aliphatic carbocycles. The van der Waals surface area contributed by atoms with E-state index in [0.717, 1.165) is 11.4 Å². The first-order chi connectivity index (χ1) is 8.16. The number of rotatable bonds is 3. The highest BCUT2D eigenvalue weighted by molar-refractivity contribution is 6.30. The van der Waals surface area contributed by atoms with Gasteiger partial charge in [0.1, 0.15) is 11.6 Å². The molecule has 0 aliphatic heterocycles. The van der Waals surface area contributed by atoms with Crippen LogP contribution in [0.5, 0.6) is 0 Å². The summed E-state index contributed by atoms with van der Waals surface area (Å²) in [5, 5.41) is 0.147. The minimum absolute atomic E-state index is 0.147. The van der Waals surface area contributed by atoms with Crippen LogP contribution in [0.25, 0.3) is 0 Å². The van der Waals surface area contributed by atoms with Crippen LogP contribution in [0.4, 0.5) is 10.2 Å². The predicted octanol–water partition coefficient (Wildman–Crippen LogP) is 3.51. The Morgan fingerprint density at radius 2 is 2.12 bits per heavy atom. The average Bonchev–Trinajstić information content (AvgIpc) is 2.35. The molecule has 0 atom stereocenters. The molecule has 0 amide bonds. The topological polar surface area (TPSA) is 16.1 Å². The number of nitrogens with zero attached hydrogens (tertiary/aromatic N) is 2. The summed E-state index contributed by atoms with van der Waals surface area (Å²) in [7, 11) is 1.91. The van der Waals surface area contributed by atoms with Crippen LogP contribution in [0.2, 0.25) is 5.02 Å². The zero-order chi connectivity index (χ0) is 12.3.